The van der Waals surface area contributed by atoms with Crippen LogP contribution in [-0.2, 0) is 19.6 Å². The molecule has 2 N–H and O–H groups in total. The first-order chi connectivity index (χ1) is 16.2. The first-order valence-corrected chi connectivity index (χ1v) is 11.7. The van der Waals surface area contributed by atoms with Crippen molar-refractivity contribution in [3.05, 3.63) is 72.8 Å². The van der Waals surface area contributed by atoms with E-state index in [1.807, 2.05) is 0 Å². The van der Waals surface area contributed by atoms with E-state index in [0.717, 1.165) is 4.31 Å². The Labute approximate surface area is 198 Å². The number of benzene rings is 3. The molecule has 0 saturated heterocycles. The second kappa shape index (κ2) is 10.7. The molecule has 3 aromatic carbocycles. The van der Waals surface area contributed by atoms with Crippen molar-refractivity contribution < 1.29 is 27.5 Å². The highest BCUT2D eigenvalue weighted by Gasteiger charge is 2.27. The number of nitrogens with zero attached hydrogens (tertiary/aromatic N) is 1. The smallest absolute Gasteiger partial charge is 0.264 e. The highest BCUT2D eigenvalue weighted by molar-refractivity contribution is 7.92. The molecule has 0 aromatic heterocycles. The van der Waals surface area contributed by atoms with E-state index < -0.39 is 22.5 Å². The predicted octanol–water partition coefficient (Wildman–Crippen LogP) is 3.50. The van der Waals surface area contributed by atoms with Crippen LogP contribution in [0.4, 0.5) is 17.1 Å². The predicted molar refractivity (Wildman–Crippen MR) is 130 cm³/mol. The van der Waals surface area contributed by atoms with Gasteiger partial charge in [-0.15, -0.1) is 0 Å². The third kappa shape index (κ3) is 6.04. The Morgan fingerprint density at radius 2 is 1.24 bits per heavy atom. The molecule has 9 nitrogen and oxygen atoms in total. The molecule has 2 amide bonds. The number of hydrogen-bond acceptors (Lipinski definition) is 6. The topological polar surface area (TPSA) is 114 Å². The average molecular weight is 484 g/mol. The molecule has 0 bridgehead atoms. The summed E-state index contributed by atoms with van der Waals surface area (Å²) in [5, 5.41) is 5.29. The molecule has 0 fully saturated rings. The molecule has 3 rings (SSSR count). The van der Waals surface area contributed by atoms with Crippen LogP contribution in [0.5, 0.6) is 11.5 Å². The largest absolute Gasteiger partial charge is 0.497 e. The molecule has 0 spiro atoms. The Morgan fingerprint density at radius 1 is 0.765 bits per heavy atom. The zero-order chi connectivity index (χ0) is 24.7. The number of methoxy groups -OCH3 is 2. The fourth-order valence-corrected chi connectivity index (χ4v) is 4.53. The maximum absolute atomic E-state index is 13.5. The molecule has 0 unspecified atom stereocenters. The molecule has 10 heteroatoms. The van der Waals surface area contributed by atoms with E-state index in [1.165, 1.54) is 45.4 Å². The maximum Gasteiger partial charge on any atom is 0.264 e. The van der Waals surface area contributed by atoms with Gasteiger partial charge in [0.05, 0.1) is 24.8 Å². The molecule has 34 heavy (non-hydrogen) atoms. The normalized spacial score (nSPS) is 10.8. The lowest BCUT2D eigenvalue weighted by Crippen LogP contribution is -2.38. The van der Waals surface area contributed by atoms with Crippen molar-refractivity contribution in [1.82, 2.24) is 0 Å². The monoisotopic (exact) mass is 483 g/mol. The number of sulfonamides is 1. The van der Waals surface area contributed by atoms with Gasteiger partial charge in [0.25, 0.3) is 10.0 Å². The molecular formula is C24H25N3O6S. The van der Waals surface area contributed by atoms with Gasteiger partial charge < -0.3 is 20.1 Å². The summed E-state index contributed by atoms with van der Waals surface area (Å²) in [6.45, 7) is 0.894. The van der Waals surface area contributed by atoms with Crippen LogP contribution in [0.1, 0.15) is 6.92 Å². The van der Waals surface area contributed by atoms with Crippen LogP contribution >= 0.6 is 0 Å². The number of hydrogen-bond donors (Lipinski definition) is 2. The summed E-state index contributed by atoms with van der Waals surface area (Å²) < 4.78 is 38.3. The van der Waals surface area contributed by atoms with Gasteiger partial charge in [-0.3, -0.25) is 13.9 Å². The Morgan fingerprint density at radius 3 is 1.74 bits per heavy atom. The van der Waals surface area contributed by atoms with Crippen LogP contribution in [0, 0.1) is 0 Å². The SMILES string of the molecule is COc1ccc(NC(=O)CN(c2ccc(OC)cc2)S(=O)(=O)c2ccc(NC(C)=O)cc2)cc1. The number of amides is 2. The van der Waals surface area contributed by atoms with Crippen LogP contribution < -0.4 is 24.4 Å². The van der Waals surface area contributed by atoms with Gasteiger partial charge in [0.15, 0.2) is 0 Å². The minimum Gasteiger partial charge on any atom is -0.497 e. The van der Waals surface area contributed by atoms with Gasteiger partial charge in [-0.2, -0.15) is 0 Å². The van der Waals surface area contributed by atoms with Crippen LogP contribution in [0.15, 0.2) is 77.7 Å². The Kier molecular flexibility index (Phi) is 7.75. The zero-order valence-electron chi connectivity index (χ0n) is 18.9. The van der Waals surface area contributed by atoms with Crippen molar-refractivity contribution in [3.63, 3.8) is 0 Å². The molecule has 0 aliphatic carbocycles. The van der Waals surface area contributed by atoms with Gasteiger partial charge in [-0.1, -0.05) is 0 Å². The summed E-state index contributed by atoms with van der Waals surface area (Å²) in [5.41, 5.74) is 1.24. The quantitative estimate of drug-likeness (QED) is 0.482. The maximum atomic E-state index is 13.5. The molecule has 0 radical (unpaired) electrons. The first kappa shape index (κ1) is 24.6. The van der Waals surface area contributed by atoms with Gasteiger partial charge in [-0.05, 0) is 72.8 Å². The van der Waals surface area contributed by atoms with Crippen molar-refractivity contribution in [2.24, 2.45) is 0 Å². The van der Waals surface area contributed by atoms with Crippen LogP contribution in [-0.4, -0.2) is 41.0 Å². The molecule has 0 aliphatic heterocycles. The highest BCUT2D eigenvalue weighted by Crippen LogP contribution is 2.27. The summed E-state index contributed by atoms with van der Waals surface area (Å²) in [6, 6.07) is 18.7. The van der Waals surface area contributed by atoms with Gasteiger partial charge >= 0.3 is 0 Å². The summed E-state index contributed by atoms with van der Waals surface area (Å²) >= 11 is 0. The minimum absolute atomic E-state index is 0.0327. The fraction of sp³-hybridized carbons (Fsp3) is 0.167. The van der Waals surface area contributed by atoms with Crippen LogP contribution in [0.25, 0.3) is 0 Å². The minimum atomic E-state index is -4.12. The third-order valence-electron chi connectivity index (χ3n) is 4.78. The van der Waals surface area contributed by atoms with Gasteiger partial charge in [0, 0.05) is 18.3 Å². The molecule has 0 atom stereocenters. The fourth-order valence-electron chi connectivity index (χ4n) is 3.11. The Balaban J connectivity index is 1.90. The lowest BCUT2D eigenvalue weighted by molar-refractivity contribution is -0.115. The lowest BCUT2D eigenvalue weighted by Gasteiger charge is -2.24. The second-order valence-corrected chi connectivity index (χ2v) is 9.05. The van der Waals surface area contributed by atoms with Crippen LogP contribution in [0.3, 0.4) is 0 Å². The zero-order valence-corrected chi connectivity index (χ0v) is 19.8. The van der Waals surface area contributed by atoms with Crippen molar-refractivity contribution >= 4 is 38.9 Å². The molecule has 0 saturated carbocycles. The molecule has 0 heterocycles. The van der Waals surface area contributed by atoms with Gasteiger partial charge in [0.1, 0.15) is 18.0 Å². The number of carbonyl (C=O) groups excluding carboxylic acids is 2. The molecular weight excluding hydrogens is 458 g/mol. The standard InChI is InChI=1S/C24H25N3O6S/c1-17(28)25-18-6-14-23(15-7-18)34(30,31)27(20-8-12-22(33-3)13-9-20)16-24(29)26-19-4-10-21(32-2)11-5-19/h4-15H,16H2,1-3H3,(H,25,28)(H,26,29). The van der Waals surface area contributed by atoms with E-state index in [9.17, 15) is 18.0 Å². The van der Waals surface area contributed by atoms with Crippen molar-refractivity contribution in [3.8, 4) is 11.5 Å². The van der Waals surface area contributed by atoms with Crippen LogP contribution in [0.2, 0.25) is 0 Å². The Hall–Kier alpha value is -4.05. The summed E-state index contributed by atoms with van der Waals surface area (Å²) in [7, 11) is -1.08. The molecule has 0 aliphatic rings. The number of anilines is 3. The lowest BCUT2D eigenvalue weighted by atomic mass is 10.3. The number of rotatable bonds is 9. The van der Waals surface area contributed by atoms with Gasteiger partial charge in [0.2, 0.25) is 11.8 Å². The molecule has 178 valence electrons. The van der Waals surface area contributed by atoms with Crippen molar-refractivity contribution in [2.75, 3.05) is 35.7 Å². The van der Waals surface area contributed by atoms with E-state index in [2.05, 4.69) is 10.6 Å². The van der Waals surface area contributed by atoms with E-state index >= 15 is 0 Å². The number of carbonyl (C=O) groups is 2. The third-order valence-corrected chi connectivity index (χ3v) is 6.57. The highest BCUT2D eigenvalue weighted by atomic mass is 32.2. The number of nitrogens with one attached hydrogen (secondary N) is 2. The summed E-state index contributed by atoms with van der Waals surface area (Å²) in [4.78, 5) is 24.0. The Bertz CT molecular complexity index is 1240. The molecule has 3 aromatic rings. The summed E-state index contributed by atoms with van der Waals surface area (Å²) in [6.07, 6.45) is 0. The second-order valence-electron chi connectivity index (χ2n) is 7.19. The first-order valence-electron chi connectivity index (χ1n) is 10.2. The van der Waals surface area contributed by atoms with Gasteiger partial charge in [-0.25, -0.2) is 8.42 Å². The van der Waals surface area contributed by atoms with Crippen molar-refractivity contribution in [1.29, 1.82) is 0 Å². The van der Waals surface area contributed by atoms with E-state index in [4.69, 9.17) is 9.47 Å². The van der Waals surface area contributed by atoms with E-state index in [0.29, 0.717) is 22.9 Å². The van der Waals surface area contributed by atoms with E-state index in [1.54, 1.807) is 48.5 Å². The van der Waals surface area contributed by atoms with E-state index in [-0.39, 0.29) is 16.5 Å². The van der Waals surface area contributed by atoms with Crippen molar-refractivity contribution in [2.45, 2.75) is 11.8 Å². The summed E-state index contributed by atoms with van der Waals surface area (Å²) in [5.74, 6) is 0.372. The number of ether oxygens (including phenoxy) is 2. The average Bonchev–Trinajstić information content (AvgIpc) is 2.83.